The highest BCUT2D eigenvalue weighted by molar-refractivity contribution is 5.80. The molecule has 7 nitrogen and oxygen atoms in total. The number of hydrogen-bond donors (Lipinski definition) is 2. The molecule has 0 saturated heterocycles. The average molecular weight is 371 g/mol. The van der Waals surface area contributed by atoms with Crippen molar-refractivity contribution in [3.8, 4) is 0 Å². The Morgan fingerprint density at radius 1 is 1.37 bits per heavy atom. The van der Waals surface area contributed by atoms with Gasteiger partial charge in [0.15, 0.2) is 11.6 Å². The smallest absolute Gasteiger partial charge is 0.191 e. The van der Waals surface area contributed by atoms with Crippen molar-refractivity contribution >= 4 is 11.6 Å². The summed E-state index contributed by atoms with van der Waals surface area (Å²) in [5, 5.41) is 15.6. The number of hydrogen-bond acceptors (Lipinski definition) is 4. The van der Waals surface area contributed by atoms with Gasteiger partial charge in [-0.3, -0.25) is 9.39 Å². The van der Waals surface area contributed by atoms with Crippen molar-refractivity contribution in [3.05, 3.63) is 30.2 Å². The molecule has 2 aliphatic carbocycles. The van der Waals surface area contributed by atoms with Gasteiger partial charge in [0.25, 0.3) is 0 Å². The Labute approximate surface area is 160 Å². The molecule has 27 heavy (non-hydrogen) atoms. The number of aliphatic imine (C=N–C) groups is 1. The molecule has 2 saturated carbocycles. The van der Waals surface area contributed by atoms with Crippen LogP contribution in [0.1, 0.15) is 44.9 Å². The molecule has 1 spiro atoms. The maximum atomic E-state index is 5.94. The number of fused-ring (bicyclic) bond motifs is 1. The third-order valence-electron chi connectivity index (χ3n) is 6.23. The number of ether oxygens (including phenoxy) is 1. The summed E-state index contributed by atoms with van der Waals surface area (Å²) in [5.41, 5.74) is 1.24. The standard InChI is InChI=1S/C20H30N6O/c1-3-27-16-14-15(20(16)10-7-11-20)23-19(21-2)22-12-6-9-18-25-24-17-8-4-5-13-26(17)18/h4-5,8,13,15-16H,3,6-7,9-12,14H2,1-2H3,(H2,21,22,23). The topological polar surface area (TPSA) is 75.8 Å². The van der Waals surface area contributed by atoms with Crippen molar-refractivity contribution < 1.29 is 4.74 Å². The minimum atomic E-state index is 0.341. The minimum Gasteiger partial charge on any atom is -0.378 e. The number of rotatable bonds is 7. The van der Waals surface area contributed by atoms with Crippen LogP contribution in [0.3, 0.4) is 0 Å². The highest BCUT2D eigenvalue weighted by atomic mass is 16.5. The van der Waals surface area contributed by atoms with Crippen LogP contribution in [-0.2, 0) is 11.2 Å². The summed E-state index contributed by atoms with van der Waals surface area (Å²) in [7, 11) is 1.84. The van der Waals surface area contributed by atoms with Gasteiger partial charge in [-0.2, -0.15) is 0 Å². The number of nitrogens with one attached hydrogen (secondary N) is 2. The van der Waals surface area contributed by atoms with Crippen LogP contribution in [0.5, 0.6) is 0 Å². The van der Waals surface area contributed by atoms with E-state index in [1.807, 2.05) is 31.4 Å². The van der Waals surface area contributed by atoms with Crippen LogP contribution in [0.15, 0.2) is 29.4 Å². The highest BCUT2D eigenvalue weighted by Gasteiger charge is 2.59. The average Bonchev–Trinajstić information content (AvgIpc) is 3.04. The van der Waals surface area contributed by atoms with Gasteiger partial charge in [-0.05, 0) is 44.7 Å². The van der Waals surface area contributed by atoms with E-state index in [0.717, 1.165) is 49.8 Å². The zero-order valence-corrected chi connectivity index (χ0v) is 16.3. The Morgan fingerprint density at radius 2 is 2.26 bits per heavy atom. The van der Waals surface area contributed by atoms with E-state index in [4.69, 9.17) is 4.74 Å². The molecule has 4 rings (SSSR count). The molecule has 0 aromatic carbocycles. The molecule has 0 radical (unpaired) electrons. The molecule has 2 aromatic rings. The fraction of sp³-hybridized carbons (Fsp3) is 0.650. The molecule has 7 heteroatoms. The fourth-order valence-corrected chi connectivity index (χ4v) is 4.52. The zero-order valence-electron chi connectivity index (χ0n) is 16.3. The third kappa shape index (κ3) is 3.40. The lowest BCUT2D eigenvalue weighted by atomic mass is 9.51. The predicted molar refractivity (Wildman–Crippen MR) is 106 cm³/mol. The van der Waals surface area contributed by atoms with E-state index in [2.05, 4.69) is 37.1 Å². The SMILES string of the molecule is CCOC1CC(NC(=NC)NCCCc2nnc3ccccn23)C12CCC2. The first kappa shape index (κ1) is 18.2. The Morgan fingerprint density at radius 3 is 3.00 bits per heavy atom. The van der Waals surface area contributed by atoms with E-state index in [-0.39, 0.29) is 0 Å². The summed E-state index contributed by atoms with van der Waals surface area (Å²) >= 11 is 0. The first-order chi connectivity index (χ1) is 13.3. The molecule has 2 heterocycles. The summed E-state index contributed by atoms with van der Waals surface area (Å²) in [5.74, 6) is 1.90. The van der Waals surface area contributed by atoms with Crippen LogP contribution in [0, 0.1) is 5.41 Å². The van der Waals surface area contributed by atoms with Crippen molar-refractivity contribution in [1.82, 2.24) is 25.2 Å². The second-order valence-electron chi connectivity index (χ2n) is 7.61. The third-order valence-corrected chi connectivity index (χ3v) is 6.23. The van der Waals surface area contributed by atoms with Gasteiger partial charge in [-0.1, -0.05) is 12.5 Å². The van der Waals surface area contributed by atoms with Crippen molar-refractivity contribution in [2.75, 3.05) is 20.2 Å². The van der Waals surface area contributed by atoms with Crippen LogP contribution in [0.2, 0.25) is 0 Å². The Hall–Kier alpha value is -2.15. The van der Waals surface area contributed by atoms with E-state index in [9.17, 15) is 0 Å². The van der Waals surface area contributed by atoms with Crippen LogP contribution >= 0.6 is 0 Å². The van der Waals surface area contributed by atoms with Gasteiger partial charge in [-0.15, -0.1) is 10.2 Å². The molecule has 2 atom stereocenters. The van der Waals surface area contributed by atoms with Gasteiger partial charge in [0.05, 0.1) is 6.10 Å². The molecule has 0 aliphatic heterocycles. The normalized spacial score (nSPS) is 23.9. The number of aromatic nitrogens is 3. The lowest BCUT2D eigenvalue weighted by Gasteiger charge is -2.61. The van der Waals surface area contributed by atoms with E-state index in [0.29, 0.717) is 17.6 Å². The highest BCUT2D eigenvalue weighted by Crippen LogP contribution is 2.57. The van der Waals surface area contributed by atoms with Crippen LogP contribution in [0.25, 0.3) is 5.65 Å². The van der Waals surface area contributed by atoms with E-state index in [1.165, 1.54) is 19.3 Å². The first-order valence-corrected chi connectivity index (χ1v) is 10.1. The van der Waals surface area contributed by atoms with E-state index < -0.39 is 0 Å². The monoisotopic (exact) mass is 370 g/mol. The molecule has 2 fully saturated rings. The summed E-state index contributed by atoms with van der Waals surface area (Å²) in [4.78, 5) is 4.41. The van der Waals surface area contributed by atoms with Gasteiger partial charge in [0, 0.05) is 44.3 Å². The van der Waals surface area contributed by atoms with Gasteiger partial charge >= 0.3 is 0 Å². The van der Waals surface area contributed by atoms with Crippen LogP contribution in [0.4, 0.5) is 0 Å². The number of guanidine groups is 1. The van der Waals surface area contributed by atoms with Crippen LogP contribution in [-0.4, -0.2) is 52.9 Å². The fourth-order valence-electron chi connectivity index (χ4n) is 4.52. The molecule has 2 N–H and O–H groups in total. The quantitative estimate of drug-likeness (QED) is 0.444. The van der Waals surface area contributed by atoms with Crippen LogP contribution < -0.4 is 10.6 Å². The molecule has 2 aromatic heterocycles. The van der Waals surface area contributed by atoms with Gasteiger partial charge in [0.1, 0.15) is 5.82 Å². The summed E-state index contributed by atoms with van der Waals surface area (Å²) in [6.07, 6.45) is 9.25. The maximum absolute atomic E-state index is 5.94. The number of nitrogens with zero attached hydrogens (tertiary/aromatic N) is 4. The van der Waals surface area contributed by atoms with Gasteiger partial charge in [-0.25, -0.2) is 0 Å². The summed E-state index contributed by atoms with van der Waals surface area (Å²) in [6, 6.07) is 6.45. The second kappa shape index (κ2) is 7.84. The summed E-state index contributed by atoms with van der Waals surface area (Å²) in [6.45, 7) is 3.76. The Bertz CT molecular complexity index is 797. The van der Waals surface area contributed by atoms with Crippen molar-refractivity contribution in [2.45, 2.75) is 57.6 Å². The lowest BCUT2D eigenvalue weighted by Crippen LogP contribution is -2.68. The molecule has 2 unspecified atom stereocenters. The first-order valence-electron chi connectivity index (χ1n) is 10.1. The summed E-state index contributed by atoms with van der Waals surface area (Å²) < 4.78 is 7.99. The van der Waals surface area contributed by atoms with Crippen molar-refractivity contribution in [2.24, 2.45) is 10.4 Å². The van der Waals surface area contributed by atoms with Crippen molar-refractivity contribution in [1.29, 1.82) is 0 Å². The van der Waals surface area contributed by atoms with E-state index >= 15 is 0 Å². The molecule has 146 valence electrons. The zero-order chi connectivity index (χ0) is 18.7. The second-order valence-corrected chi connectivity index (χ2v) is 7.61. The van der Waals surface area contributed by atoms with Crippen molar-refractivity contribution in [3.63, 3.8) is 0 Å². The van der Waals surface area contributed by atoms with E-state index in [1.54, 1.807) is 0 Å². The lowest BCUT2D eigenvalue weighted by molar-refractivity contribution is -0.168. The molecular weight excluding hydrogens is 340 g/mol. The minimum absolute atomic E-state index is 0.341. The number of aryl methyl sites for hydroxylation is 1. The number of pyridine rings is 1. The molecule has 2 aliphatic rings. The molecule has 0 bridgehead atoms. The van der Waals surface area contributed by atoms with Gasteiger partial charge < -0.3 is 15.4 Å². The molecule has 0 amide bonds. The maximum Gasteiger partial charge on any atom is 0.191 e. The Balaban J connectivity index is 1.24. The largest absolute Gasteiger partial charge is 0.378 e. The Kier molecular flexibility index (Phi) is 5.29. The predicted octanol–water partition coefficient (Wildman–Crippen LogP) is 2.17. The van der Waals surface area contributed by atoms with Gasteiger partial charge in [0.2, 0.25) is 0 Å². The molecular formula is C20H30N6O.